The van der Waals surface area contributed by atoms with Crippen molar-refractivity contribution in [3.8, 4) is 29.1 Å². The predicted octanol–water partition coefficient (Wildman–Crippen LogP) is 5.07. The van der Waals surface area contributed by atoms with Crippen molar-refractivity contribution in [2.24, 2.45) is 0 Å². The molecule has 5 heteroatoms. The van der Waals surface area contributed by atoms with Crippen molar-refractivity contribution in [1.82, 2.24) is 0 Å². The van der Waals surface area contributed by atoms with Crippen LogP contribution in [-0.2, 0) is 6.61 Å². The Hall–Kier alpha value is -3.91. The van der Waals surface area contributed by atoms with Gasteiger partial charge in [-0.05, 0) is 53.1 Å². The van der Waals surface area contributed by atoms with Crippen LogP contribution in [0.15, 0.2) is 66.7 Å². The SMILES string of the molecule is COc1cc(/C=C(/C#N)c2ccc3c(c2)OCO3)ccc1OCc1ccccc1. The lowest BCUT2D eigenvalue weighted by atomic mass is 10.0. The van der Waals surface area contributed by atoms with Crippen LogP contribution in [0, 0.1) is 11.3 Å². The van der Waals surface area contributed by atoms with Gasteiger partial charge in [0, 0.05) is 0 Å². The lowest BCUT2D eigenvalue weighted by molar-refractivity contribution is 0.174. The van der Waals surface area contributed by atoms with Crippen LogP contribution in [0.3, 0.4) is 0 Å². The first kappa shape index (κ1) is 18.5. The van der Waals surface area contributed by atoms with E-state index in [1.165, 1.54) is 0 Å². The summed E-state index contributed by atoms with van der Waals surface area (Å²) < 4.78 is 22.1. The summed E-state index contributed by atoms with van der Waals surface area (Å²) >= 11 is 0. The fourth-order valence-corrected chi connectivity index (χ4v) is 3.04. The van der Waals surface area contributed by atoms with Crippen LogP contribution >= 0.6 is 0 Å². The molecule has 0 aromatic heterocycles. The molecule has 1 aliphatic heterocycles. The van der Waals surface area contributed by atoms with Gasteiger partial charge in [-0.2, -0.15) is 5.26 Å². The monoisotopic (exact) mass is 385 g/mol. The molecule has 144 valence electrons. The van der Waals surface area contributed by atoms with E-state index in [1.807, 2.05) is 66.7 Å². The summed E-state index contributed by atoms with van der Waals surface area (Å²) in [5.41, 5.74) is 3.19. The highest BCUT2D eigenvalue weighted by Gasteiger charge is 2.15. The number of methoxy groups -OCH3 is 1. The van der Waals surface area contributed by atoms with Gasteiger partial charge in [-0.15, -0.1) is 0 Å². The molecule has 0 saturated heterocycles. The topological polar surface area (TPSA) is 60.7 Å². The summed E-state index contributed by atoms with van der Waals surface area (Å²) in [6, 6.07) is 23.2. The number of allylic oxidation sites excluding steroid dienone is 1. The molecule has 0 spiro atoms. The normalized spacial score (nSPS) is 12.3. The summed E-state index contributed by atoms with van der Waals surface area (Å²) in [5.74, 6) is 2.59. The fourth-order valence-electron chi connectivity index (χ4n) is 3.04. The number of fused-ring (bicyclic) bond motifs is 1. The molecule has 1 aliphatic rings. The van der Waals surface area contributed by atoms with Crippen LogP contribution in [0.25, 0.3) is 11.6 Å². The largest absolute Gasteiger partial charge is 0.493 e. The quantitative estimate of drug-likeness (QED) is 0.438. The van der Waals surface area contributed by atoms with Crippen molar-refractivity contribution in [1.29, 1.82) is 5.26 Å². The minimum atomic E-state index is 0.200. The Morgan fingerprint density at radius 3 is 2.62 bits per heavy atom. The van der Waals surface area contributed by atoms with Crippen LogP contribution in [0.2, 0.25) is 0 Å². The highest BCUT2D eigenvalue weighted by atomic mass is 16.7. The smallest absolute Gasteiger partial charge is 0.231 e. The second kappa shape index (κ2) is 8.41. The standard InChI is InChI=1S/C24H19NO4/c1-26-23-12-18(7-9-21(23)27-15-17-5-3-2-4-6-17)11-20(14-25)19-8-10-22-24(13-19)29-16-28-22/h2-13H,15-16H2,1H3/b20-11-. The van der Waals surface area contributed by atoms with Crippen LogP contribution in [0.4, 0.5) is 0 Å². The summed E-state index contributed by atoms with van der Waals surface area (Å²) in [6.45, 7) is 0.652. The number of ether oxygens (including phenoxy) is 4. The van der Waals surface area contributed by atoms with E-state index in [9.17, 15) is 5.26 Å². The first-order valence-corrected chi connectivity index (χ1v) is 9.13. The zero-order valence-electron chi connectivity index (χ0n) is 15.9. The summed E-state index contributed by atoms with van der Waals surface area (Å²) in [6.07, 6.45) is 1.81. The number of hydrogen-bond donors (Lipinski definition) is 0. The molecule has 3 aromatic carbocycles. The number of nitriles is 1. The van der Waals surface area contributed by atoms with E-state index in [0.717, 1.165) is 16.7 Å². The molecule has 5 nitrogen and oxygen atoms in total. The molecule has 0 saturated carbocycles. The van der Waals surface area contributed by atoms with Gasteiger partial charge in [0.2, 0.25) is 6.79 Å². The van der Waals surface area contributed by atoms with E-state index in [2.05, 4.69) is 6.07 Å². The minimum Gasteiger partial charge on any atom is -0.493 e. The van der Waals surface area contributed by atoms with Crippen LogP contribution < -0.4 is 18.9 Å². The maximum absolute atomic E-state index is 9.63. The molecule has 3 aromatic rings. The molecule has 0 N–H and O–H groups in total. The number of hydrogen-bond acceptors (Lipinski definition) is 5. The van der Waals surface area contributed by atoms with Crippen molar-refractivity contribution in [2.75, 3.05) is 13.9 Å². The van der Waals surface area contributed by atoms with Gasteiger partial charge in [-0.25, -0.2) is 0 Å². The number of benzene rings is 3. The van der Waals surface area contributed by atoms with E-state index in [4.69, 9.17) is 18.9 Å². The van der Waals surface area contributed by atoms with Gasteiger partial charge in [0.1, 0.15) is 6.61 Å². The maximum atomic E-state index is 9.63. The van der Waals surface area contributed by atoms with Crippen LogP contribution in [-0.4, -0.2) is 13.9 Å². The second-order valence-corrected chi connectivity index (χ2v) is 6.42. The van der Waals surface area contributed by atoms with Gasteiger partial charge < -0.3 is 18.9 Å². The average Bonchev–Trinajstić information content (AvgIpc) is 3.25. The molecular weight excluding hydrogens is 366 g/mol. The molecule has 0 unspecified atom stereocenters. The second-order valence-electron chi connectivity index (χ2n) is 6.42. The Labute approximate surface area is 169 Å². The third-order valence-electron chi connectivity index (χ3n) is 4.54. The van der Waals surface area contributed by atoms with E-state index in [0.29, 0.717) is 35.2 Å². The van der Waals surface area contributed by atoms with Crippen molar-refractivity contribution < 1.29 is 18.9 Å². The molecule has 0 amide bonds. The van der Waals surface area contributed by atoms with Crippen LogP contribution in [0.5, 0.6) is 23.0 Å². The Bertz CT molecular complexity index is 1080. The van der Waals surface area contributed by atoms with E-state index in [-0.39, 0.29) is 6.79 Å². The van der Waals surface area contributed by atoms with Crippen molar-refractivity contribution >= 4 is 11.6 Å². The third kappa shape index (κ3) is 4.17. The van der Waals surface area contributed by atoms with Crippen molar-refractivity contribution in [3.63, 3.8) is 0 Å². The van der Waals surface area contributed by atoms with Gasteiger partial charge in [0.15, 0.2) is 23.0 Å². The molecule has 29 heavy (non-hydrogen) atoms. The molecule has 0 aliphatic carbocycles. The minimum absolute atomic E-state index is 0.200. The molecule has 0 atom stereocenters. The first-order valence-electron chi connectivity index (χ1n) is 9.13. The van der Waals surface area contributed by atoms with Gasteiger partial charge in [0.25, 0.3) is 0 Å². The molecule has 4 rings (SSSR count). The molecule has 1 heterocycles. The summed E-state index contributed by atoms with van der Waals surface area (Å²) in [5, 5.41) is 9.63. The van der Waals surface area contributed by atoms with E-state index >= 15 is 0 Å². The Morgan fingerprint density at radius 2 is 1.83 bits per heavy atom. The van der Waals surface area contributed by atoms with Crippen molar-refractivity contribution in [3.05, 3.63) is 83.4 Å². The molecule has 0 bridgehead atoms. The third-order valence-corrected chi connectivity index (χ3v) is 4.54. The Balaban J connectivity index is 1.57. The van der Waals surface area contributed by atoms with Gasteiger partial charge >= 0.3 is 0 Å². The van der Waals surface area contributed by atoms with Gasteiger partial charge in [0.05, 0.1) is 18.8 Å². The highest BCUT2D eigenvalue weighted by Crippen LogP contribution is 2.35. The molecule has 0 radical (unpaired) electrons. The fraction of sp³-hybridized carbons (Fsp3) is 0.125. The molecular formula is C24H19NO4. The Kier molecular flexibility index (Phi) is 5.35. The van der Waals surface area contributed by atoms with E-state index < -0.39 is 0 Å². The Morgan fingerprint density at radius 1 is 1.00 bits per heavy atom. The lowest BCUT2D eigenvalue weighted by Crippen LogP contribution is -1.97. The number of rotatable bonds is 6. The average molecular weight is 385 g/mol. The number of nitrogens with zero attached hydrogens (tertiary/aromatic N) is 1. The van der Waals surface area contributed by atoms with Crippen molar-refractivity contribution in [2.45, 2.75) is 6.61 Å². The highest BCUT2D eigenvalue weighted by molar-refractivity contribution is 5.90. The maximum Gasteiger partial charge on any atom is 0.231 e. The lowest BCUT2D eigenvalue weighted by Gasteiger charge is -2.11. The first-order chi connectivity index (χ1) is 14.3. The van der Waals surface area contributed by atoms with Gasteiger partial charge in [-0.1, -0.05) is 36.4 Å². The van der Waals surface area contributed by atoms with Crippen LogP contribution in [0.1, 0.15) is 16.7 Å². The summed E-state index contributed by atoms with van der Waals surface area (Å²) in [4.78, 5) is 0. The molecule has 0 fully saturated rings. The zero-order chi connectivity index (χ0) is 20.1. The summed E-state index contributed by atoms with van der Waals surface area (Å²) in [7, 11) is 1.60. The van der Waals surface area contributed by atoms with E-state index in [1.54, 1.807) is 13.2 Å². The predicted molar refractivity (Wildman–Crippen MR) is 110 cm³/mol. The zero-order valence-corrected chi connectivity index (χ0v) is 15.9. The van der Waals surface area contributed by atoms with Gasteiger partial charge in [-0.3, -0.25) is 0 Å².